The average molecular weight is 168 g/mol. The van der Waals surface area contributed by atoms with Gasteiger partial charge in [-0.25, -0.2) is 0 Å². The molecule has 0 radical (unpaired) electrons. The van der Waals surface area contributed by atoms with Crippen molar-refractivity contribution in [3.05, 3.63) is 0 Å². The summed E-state index contributed by atoms with van der Waals surface area (Å²) in [6.07, 6.45) is 4.31. The molecule has 3 aliphatic rings. The zero-order chi connectivity index (χ0) is 8.40. The van der Waals surface area contributed by atoms with Crippen LogP contribution in [0.1, 0.15) is 33.1 Å². The lowest BCUT2D eigenvalue weighted by molar-refractivity contribution is 0.191. The van der Waals surface area contributed by atoms with Crippen LogP contribution in [0.15, 0.2) is 0 Å². The highest BCUT2D eigenvalue weighted by Gasteiger charge is 2.60. The van der Waals surface area contributed by atoms with E-state index in [1.807, 2.05) is 0 Å². The van der Waals surface area contributed by atoms with Crippen molar-refractivity contribution in [3.8, 4) is 0 Å². The first-order valence-corrected chi connectivity index (χ1v) is 4.94. The van der Waals surface area contributed by atoms with E-state index in [9.17, 15) is 0 Å². The second-order valence-electron chi connectivity index (χ2n) is 4.99. The van der Waals surface area contributed by atoms with Gasteiger partial charge < -0.3 is 9.47 Å². The van der Waals surface area contributed by atoms with E-state index in [0.29, 0.717) is 6.10 Å². The van der Waals surface area contributed by atoms with Gasteiger partial charge in [-0.3, -0.25) is 0 Å². The van der Waals surface area contributed by atoms with Crippen LogP contribution in [0.25, 0.3) is 0 Å². The normalized spacial score (nSPS) is 62.5. The minimum atomic E-state index is 0.229. The van der Waals surface area contributed by atoms with Crippen molar-refractivity contribution in [2.45, 2.75) is 50.4 Å². The lowest BCUT2D eigenvalue weighted by Crippen LogP contribution is -2.29. The molecule has 3 fully saturated rings. The Bertz CT molecular complexity index is 222. The van der Waals surface area contributed by atoms with Gasteiger partial charge in [0, 0.05) is 0 Å². The summed E-state index contributed by atoms with van der Waals surface area (Å²) in [6.45, 7) is 5.45. The summed E-state index contributed by atoms with van der Waals surface area (Å²) in [4.78, 5) is 0. The van der Waals surface area contributed by atoms with E-state index >= 15 is 0 Å². The van der Waals surface area contributed by atoms with E-state index in [0.717, 1.165) is 12.5 Å². The summed E-state index contributed by atoms with van der Waals surface area (Å²) in [5, 5.41) is 0. The highest BCUT2D eigenvalue weighted by molar-refractivity contribution is 5.08. The zero-order valence-corrected chi connectivity index (χ0v) is 7.80. The molecule has 0 aromatic rings. The highest BCUT2D eigenvalue weighted by atomic mass is 16.6. The molecule has 0 amide bonds. The van der Waals surface area contributed by atoms with Gasteiger partial charge in [0.25, 0.3) is 0 Å². The molecule has 1 saturated carbocycles. The minimum Gasteiger partial charge on any atom is -0.370 e. The molecule has 0 bridgehead atoms. The van der Waals surface area contributed by atoms with Crippen LogP contribution in [0.2, 0.25) is 0 Å². The first kappa shape index (κ1) is 7.34. The van der Waals surface area contributed by atoms with Crippen molar-refractivity contribution in [3.63, 3.8) is 0 Å². The monoisotopic (exact) mass is 168 g/mol. The molecule has 4 atom stereocenters. The molecule has 2 heteroatoms. The smallest absolute Gasteiger partial charge is 0.0920 e. The van der Waals surface area contributed by atoms with Gasteiger partial charge in [0.15, 0.2) is 0 Å². The molecule has 12 heavy (non-hydrogen) atoms. The molecule has 0 spiro atoms. The molecule has 2 heterocycles. The first-order chi connectivity index (χ1) is 5.62. The van der Waals surface area contributed by atoms with Gasteiger partial charge in [-0.15, -0.1) is 0 Å². The van der Waals surface area contributed by atoms with Gasteiger partial charge in [0.05, 0.1) is 23.9 Å². The Hall–Kier alpha value is -0.0800. The quantitative estimate of drug-likeness (QED) is 0.557. The van der Waals surface area contributed by atoms with Crippen LogP contribution in [0.5, 0.6) is 0 Å². The Morgan fingerprint density at radius 2 is 2.00 bits per heavy atom. The Labute approximate surface area is 73.2 Å². The fourth-order valence-electron chi connectivity index (χ4n) is 2.55. The van der Waals surface area contributed by atoms with Crippen LogP contribution < -0.4 is 0 Å². The summed E-state index contributed by atoms with van der Waals surface area (Å²) in [7, 11) is 0. The van der Waals surface area contributed by atoms with Crippen LogP contribution in [-0.2, 0) is 9.47 Å². The van der Waals surface area contributed by atoms with E-state index in [2.05, 4.69) is 13.8 Å². The van der Waals surface area contributed by atoms with Crippen LogP contribution >= 0.6 is 0 Å². The Kier molecular flexibility index (Phi) is 1.15. The summed E-state index contributed by atoms with van der Waals surface area (Å²) in [5.41, 5.74) is 0.495. The maximum atomic E-state index is 5.66. The predicted octanol–water partition coefficient (Wildman–Crippen LogP) is 1.73. The van der Waals surface area contributed by atoms with Gasteiger partial charge in [0.2, 0.25) is 0 Å². The van der Waals surface area contributed by atoms with E-state index in [1.54, 1.807) is 0 Å². The third-order valence-corrected chi connectivity index (χ3v) is 3.99. The molecular weight excluding hydrogens is 152 g/mol. The Morgan fingerprint density at radius 3 is 2.58 bits per heavy atom. The average Bonchev–Trinajstić information content (AvgIpc) is 2.86. The first-order valence-electron chi connectivity index (χ1n) is 4.94. The largest absolute Gasteiger partial charge is 0.370 e. The molecule has 0 N–H and O–H groups in total. The topological polar surface area (TPSA) is 25.1 Å². The minimum absolute atomic E-state index is 0.229. The third-order valence-electron chi connectivity index (χ3n) is 3.99. The molecule has 3 rings (SSSR count). The molecule has 0 aromatic heterocycles. The number of hydrogen-bond acceptors (Lipinski definition) is 2. The van der Waals surface area contributed by atoms with Crippen molar-refractivity contribution >= 4 is 0 Å². The summed E-state index contributed by atoms with van der Waals surface area (Å²) in [6, 6.07) is 0. The molecule has 2 saturated heterocycles. The van der Waals surface area contributed by atoms with Crippen LogP contribution in [0, 0.1) is 5.92 Å². The number of epoxide rings is 2. The van der Waals surface area contributed by atoms with Crippen LogP contribution in [-0.4, -0.2) is 23.9 Å². The lowest BCUT2D eigenvalue weighted by atomic mass is 9.77. The third kappa shape index (κ3) is 0.882. The Balaban J connectivity index is 1.70. The van der Waals surface area contributed by atoms with E-state index < -0.39 is 0 Å². The van der Waals surface area contributed by atoms with Gasteiger partial charge >= 0.3 is 0 Å². The maximum Gasteiger partial charge on any atom is 0.0920 e. The number of rotatable bonds is 1. The molecular formula is C10H16O2. The molecule has 0 aromatic carbocycles. The highest BCUT2D eigenvalue weighted by Crippen LogP contribution is 2.54. The van der Waals surface area contributed by atoms with Crippen molar-refractivity contribution < 1.29 is 9.47 Å². The van der Waals surface area contributed by atoms with Crippen molar-refractivity contribution in [2.75, 3.05) is 6.61 Å². The van der Waals surface area contributed by atoms with Crippen molar-refractivity contribution in [1.29, 1.82) is 0 Å². The fraction of sp³-hybridized carbons (Fsp3) is 1.00. The van der Waals surface area contributed by atoms with Crippen LogP contribution in [0.3, 0.4) is 0 Å². The summed E-state index contributed by atoms with van der Waals surface area (Å²) < 4.78 is 11.1. The molecule has 2 aliphatic heterocycles. The standard InChI is InChI=1S/C10H16O2/c1-9-4-3-7(5-8(9)12-9)10(2)6-11-10/h7-8H,3-6H2,1-2H3/t7-,8+,9+,10-/m1/s1. The molecule has 68 valence electrons. The summed E-state index contributed by atoms with van der Waals surface area (Å²) in [5.74, 6) is 0.762. The molecule has 1 aliphatic carbocycles. The lowest BCUT2D eigenvalue weighted by Gasteiger charge is -2.25. The number of fused-ring (bicyclic) bond motifs is 1. The van der Waals surface area contributed by atoms with Gasteiger partial charge in [-0.05, 0) is 39.0 Å². The van der Waals surface area contributed by atoms with Crippen molar-refractivity contribution in [2.24, 2.45) is 5.92 Å². The Morgan fingerprint density at radius 1 is 1.25 bits per heavy atom. The number of hydrogen-bond donors (Lipinski definition) is 0. The second kappa shape index (κ2) is 1.88. The van der Waals surface area contributed by atoms with Gasteiger partial charge in [-0.1, -0.05) is 0 Å². The SMILES string of the molecule is C[C@]1([C@@H]2CC[C@]3(C)O[C@H]3C2)CO1. The summed E-state index contributed by atoms with van der Waals surface area (Å²) >= 11 is 0. The predicted molar refractivity (Wildman–Crippen MR) is 45.0 cm³/mol. The molecule has 0 unspecified atom stereocenters. The second-order valence-corrected chi connectivity index (χ2v) is 4.99. The zero-order valence-electron chi connectivity index (χ0n) is 7.80. The van der Waals surface area contributed by atoms with Crippen molar-refractivity contribution in [1.82, 2.24) is 0 Å². The number of ether oxygens (including phenoxy) is 2. The van der Waals surface area contributed by atoms with E-state index in [1.165, 1.54) is 19.3 Å². The van der Waals surface area contributed by atoms with Gasteiger partial charge in [0.1, 0.15) is 0 Å². The van der Waals surface area contributed by atoms with E-state index in [-0.39, 0.29) is 11.2 Å². The maximum absolute atomic E-state index is 5.66. The van der Waals surface area contributed by atoms with Gasteiger partial charge in [-0.2, -0.15) is 0 Å². The van der Waals surface area contributed by atoms with Crippen LogP contribution in [0.4, 0.5) is 0 Å². The fourth-order valence-corrected chi connectivity index (χ4v) is 2.55. The van der Waals surface area contributed by atoms with E-state index in [4.69, 9.17) is 9.47 Å². The molecule has 2 nitrogen and oxygen atoms in total.